The van der Waals surface area contributed by atoms with E-state index in [9.17, 15) is 0 Å². The van der Waals surface area contributed by atoms with Crippen LogP contribution in [0.5, 0.6) is 0 Å². The van der Waals surface area contributed by atoms with Gasteiger partial charge in [0, 0.05) is 0 Å². The zero-order valence-electron chi connectivity index (χ0n) is 21.9. The van der Waals surface area contributed by atoms with Crippen LogP contribution < -0.4 is 0 Å². The van der Waals surface area contributed by atoms with Crippen LogP contribution in [0.3, 0.4) is 0 Å². The van der Waals surface area contributed by atoms with Crippen molar-refractivity contribution in [3.8, 4) is 11.1 Å². The van der Waals surface area contributed by atoms with Gasteiger partial charge in [0.1, 0.15) is 0 Å². The van der Waals surface area contributed by atoms with Gasteiger partial charge < -0.3 is 0 Å². The van der Waals surface area contributed by atoms with Crippen molar-refractivity contribution in [1.82, 2.24) is 0 Å². The molecule has 9 aromatic rings. The van der Waals surface area contributed by atoms with Crippen LogP contribution >= 0.6 is 0 Å². The molecular formula is C40H24. The summed E-state index contributed by atoms with van der Waals surface area (Å²) in [6.45, 7) is 0. The van der Waals surface area contributed by atoms with E-state index in [0.717, 1.165) is 0 Å². The molecule has 0 aromatic heterocycles. The van der Waals surface area contributed by atoms with Crippen LogP contribution in [-0.2, 0) is 0 Å². The predicted octanol–water partition coefficient (Wildman–Crippen LogP) is 11.4. The summed E-state index contributed by atoms with van der Waals surface area (Å²) in [4.78, 5) is 0. The van der Waals surface area contributed by atoms with Crippen molar-refractivity contribution in [3.05, 3.63) is 146 Å². The van der Waals surface area contributed by atoms with Crippen LogP contribution in [-0.4, -0.2) is 0 Å². The van der Waals surface area contributed by atoms with Crippen molar-refractivity contribution in [2.24, 2.45) is 0 Å². The SMILES string of the molecule is c1ccc2cc3cc4cc(-c5ccc6cc7cc8cc9ccccc9cc8cc7cc6c5)ccc4cc3cc2c1. The first-order valence-corrected chi connectivity index (χ1v) is 13.9. The molecule has 0 aliphatic rings. The monoisotopic (exact) mass is 504 g/mol. The van der Waals surface area contributed by atoms with E-state index in [-0.39, 0.29) is 0 Å². The summed E-state index contributed by atoms with van der Waals surface area (Å²) in [5.74, 6) is 0. The molecule has 0 saturated heterocycles. The van der Waals surface area contributed by atoms with Gasteiger partial charge >= 0.3 is 0 Å². The minimum Gasteiger partial charge on any atom is -0.0616 e. The fourth-order valence-electron chi connectivity index (χ4n) is 6.49. The smallest absolute Gasteiger partial charge is 0.0171 e. The molecule has 0 atom stereocenters. The molecule has 0 heterocycles. The lowest BCUT2D eigenvalue weighted by molar-refractivity contribution is 1.69. The number of hydrogen-bond acceptors (Lipinski definition) is 0. The zero-order chi connectivity index (χ0) is 26.2. The molecular weight excluding hydrogens is 480 g/mol. The van der Waals surface area contributed by atoms with E-state index in [1.54, 1.807) is 0 Å². The van der Waals surface area contributed by atoms with E-state index in [0.29, 0.717) is 0 Å². The molecule has 0 fully saturated rings. The quantitative estimate of drug-likeness (QED) is 0.195. The van der Waals surface area contributed by atoms with Gasteiger partial charge in [-0.25, -0.2) is 0 Å². The average molecular weight is 505 g/mol. The summed E-state index contributed by atoms with van der Waals surface area (Å²) in [7, 11) is 0. The lowest BCUT2D eigenvalue weighted by Crippen LogP contribution is -1.83. The third-order valence-electron chi connectivity index (χ3n) is 8.61. The van der Waals surface area contributed by atoms with Gasteiger partial charge in [0.2, 0.25) is 0 Å². The Morgan fingerprint density at radius 3 is 0.700 bits per heavy atom. The zero-order valence-corrected chi connectivity index (χ0v) is 21.9. The molecule has 0 aliphatic carbocycles. The second-order valence-corrected chi connectivity index (χ2v) is 11.1. The van der Waals surface area contributed by atoms with E-state index in [2.05, 4.69) is 146 Å². The molecule has 0 spiro atoms. The van der Waals surface area contributed by atoms with Crippen LogP contribution in [0, 0.1) is 0 Å². The predicted molar refractivity (Wildman–Crippen MR) is 174 cm³/mol. The standard InChI is InChI=1S/C40H24/c1-2-6-26-14-36-21-33-17-29(9-11-31(33)19-35(36)13-25(26)5-1)30-10-12-32-20-39-23-37-15-27-7-3-4-8-28(27)16-38(37)24-40(39)22-34(32)18-30/h1-24H. The fraction of sp³-hybridized carbons (Fsp3) is 0. The maximum atomic E-state index is 2.35. The molecule has 184 valence electrons. The van der Waals surface area contributed by atoms with Gasteiger partial charge in [-0.15, -0.1) is 0 Å². The Bertz CT molecular complexity index is 2480. The largest absolute Gasteiger partial charge is 0.0616 e. The van der Waals surface area contributed by atoms with Gasteiger partial charge in [0.05, 0.1) is 0 Å². The Balaban J connectivity index is 1.18. The first-order chi connectivity index (χ1) is 19.7. The summed E-state index contributed by atoms with van der Waals surface area (Å²) in [5, 5.41) is 18.0. The molecule has 0 unspecified atom stereocenters. The highest BCUT2D eigenvalue weighted by Crippen LogP contribution is 2.34. The topological polar surface area (TPSA) is 0 Å². The molecule has 0 N–H and O–H groups in total. The fourth-order valence-corrected chi connectivity index (χ4v) is 6.49. The molecule has 0 heteroatoms. The molecule has 9 aromatic carbocycles. The first-order valence-electron chi connectivity index (χ1n) is 13.9. The molecule has 0 aliphatic heterocycles. The van der Waals surface area contributed by atoms with Crippen LogP contribution in [0.25, 0.3) is 86.5 Å². The maximum Gasteiger partial charge on any atom is -0.0171 e. The highest BCUT2D eigenvalue weighted by Gasteiger charge is 2.07. The lowest BCUT2D eigenvalue weighted by atomic mass is 9.94. The summed E-state index contributed by atoms with van der Waals surface area (Å²) in [5.41, 5.74) is 2.50. The van der Waals surface area contributed by atoms with Gasteiger partial charge in [-0.1, -0.05) is 72.8 Å². The van der Waals surface area contributed by atoms with E-state index in [1.165, 1.54) is 86.5 Å². The maximum absolute atomic E-state index is 2.35. The van der Waals surface area contributed by atoms with Crippen molar-refractivity contribution in [1.29, 1.82) is 0 Å². The highest BCUT2D eigenvalue weighted by atomic mass is 14.1. The van der Waals surface area contributed by atoms with Crippen LogP contribution in [0.15, 0.2) is 146 Å². The van der Waals surface area contributed by atoms with E-state index in [1.807, 2.05) is 0 Å². The molecule has 0 saturated carbocycles. The van der Waals surface area contributed by atoms with E-state index >= 15 is 0 Å². The Morgan fingerprint density at radius 1 is 0.175 bits per heavy atom. The summed E-state index contributed by atoms with van der Waals surface area (Å²) in [6.07, 6.45) is 0. The second-order valence-electron chi connectivity index (χ2n) is 11.1. The number of hydrogen-bond donors (Lipinski definition) is 0. The Kier molecular flexibility index (Phi) is 4.42. The van der Waals surface area contributed by atoms with Crippen molar-refractivity contribution < 1.29 is 0 Å². The minimum absolute atomic E-state index is 1.25. The number of fused-ring (bicyclic) bond motifs is 7. The number of rotatable bonds is 1. The van der Waals surface area contributed by atoms with Crippen LogP contribution in [0.1, 0.15) is 0 Å². The molecule has 0 radical (unpaired) electrons. The van der Waals surface area contributed by atoms with Crippen molar-refractivity contribution in [2.75, 3.05) is 0 Å². The van der Waals surface area contributed by atoms with Gasteiger partial charge in [0.15, 0.2) is 0 Å². The Hall–Kier alpha value is -5.20. The van der Waals surface area contributed by atoms with E-state index < -0.39 is 0 Å². The van der Waals surface area contributed by atoms with Gasteiger partial charge in [-0.3, -0.25) is 0 Å². The van der Waals surface area contributed by atoms with Crippen LogP contribution in [0.2, 0.25) is 0 Å². The molecule has 9 rings (SSSR count). The van der Waals surface area contributed by atoms with Gasteiger partial charge in [-0.2, -0.15) is 0 Å². The van der Waals surface area contributed by atoms with E-state index in [4.69, 9.17) is 0 Å². The Labute approximate surface area is 231 Å². The third kappa shape index (κ3) is 3.40. The third-order valence-corrected chi connectivity index (χ3v) is 8.61. The summed E-state index contributed by atoms with van der Waals surface area (Å²) >= 11 is 0. The summed E-state index contributed by atoms with van der Waals surface area (Å²) < 4.78 is 0. The van der Waals surface area contributed by atoms with Crippen molar-refractivity contribution in [2.45, 2.75) is 0 Å². The van der Waals surface area contributed by atoms with Gasteiger partial charge in [-0.05, 0) is 159 Å². The molecule has 0 bridgehead atoms. The Morgan fingerprint density at radius 2 is 0.400 bits per heavy atom. The average Bonchev–Trinajstić information content (AvgIpc) is 2.99. The molecule has 40 heavy (non-hydrogen) atoms. The summed E-state index contributed by atoms with van der Waals surface area (Å²) in [6, 6.07) is 54.2. The minimum atomic E-state index is 1.25. The first kappa shape index (κ1) is 21.7. The van der Waals surface area contributed by atoms with Crippen molar-refractivity contribution in [3.63, 3.8) is 0 Å². The second kappa shape index (κ2) is 8.15. The number of benzene rings is 9. The van der Waals surface area contributed by atoms with Crippen LogP contribution in [0.4, 0.5) is 0 Å². The van der Waals surface area contributed by atoms with Gasteiger partial charge in [0.25, 0.3) is 0 Å². The lowest BCUT2D eigenvalue weighted by Gasteiger charge is -2.10. The molecule has 0 amide bonds. The molecule has 0 nitrogen and oxygen atoms in total. The normalized spacial score (nSPS) is 12.0. The van der Waals surface area contributed by atoms with Crippen molar-refractivity contribution >= 4 is 75.4 Å². The highest BCUT2D eigenvalue weighted by molar-refractivity contribution is 6.09.